The van der Waals surface area contributed by atoms with Crippen LogP contribution >= 0.6 is 0 Å². The van der Waals surface area contributed by atoms with Crippen molar-refractivity contribution in [3.05, 3.63) is 0 Å². The summed E-state index contributed by atoms with van der Waals surface area (Å²) in [5, 5.41) is 9.33. The van der Waals surface area contributed by atoms with E-state index in [9.17, 15) is 14.7 Å². The molecule has 0 spiro atoms. The first-order valence-electron chi connectivity index (χ1n) is 6.56. The standard InChI is InChI=1S/C13H23NO4/c1-4-13(11(15)16)6-5-7-14(9-13)12(17)18-8-10(2)3/h10H,4-9H2,1-3H3,(H,15,16). The second-order valence-electron chi connectivity index (χ2n) is 5.43. The van der Waals surface area contributed by atoms with Gasteiger partial charge in [-0.05, 0) is 25.2 Å². The monoisotopic (exact) mass is 257 g/mol. The van der Waals surface area contributed by atoms with Crippen LogP contribution in [-0.4, -0.2) is 41.8 Å². The third-order valence-electron chi connectivity index (χ3n) is 3.51. The number of piperidine rings is 1. The topological polar surface area (TPSA) is 66.8 Å². The lowest BCUT2D eigenvalue weighted by Gasteiger charge is -2.38. The highest BCUT2D eigenvalue weighted by Crippen LogP contribution is 2.33. The van der Waals surface area contributed by atoms with Crippen molar-refractivity contribution in [1.82, 2.24) is 4.90 Å². The van der Waals surface area contributed by atoms with E-state index in [0.717, 1.165) is 6.42 Å². The van der Waals surface area contributed by atoms with Gasteiger partial charge in [0, 0.05) is 13.1 Å². The van der Waals surface area contributed by atoms with Crippen molar-refractivity contribution >= 4 is 12.1 Å². The first-order valence-corrected chi connectivity index (χ1v) is 6.56. The lowest BCUT2D eigenvalue weighted by molar-refractivity contribution is -0.152. The maximum absolute atomic E-state index is 11.8. The van der Waals surface area contributed by atoms with E-state index in [1.54, 1.807) is 0 Å². The van der Waals surface area contributed by atoms with Gasteiger partial charge in [0.15, 0.2) is 0 Å². The first kappa shape index (κ1) is 14.8. The Hall–Kier alpha value is -1.26. The molecule has 1 heterocycles. The van der Waals surface area contributed by atoms with Crippen LogP contribution in [0.2, 0.25) is 0 Å². The maximum Gasteiger partial charge on any atom is 0.409 e. The van der Waals surface area contributed by atoms with Gasteiger partial charge in [0.2, 0.25) is 0 Å². The molecule has 18 heavy (non-hydrogen) atoms. The second kappa shape index (κ2) is 6.07. The summed E-state index contributed by atoms with van der Waals surface area (Å²) >= 11 is 0. The smallest absolute Gasteiger partial charge is 0.409 e. The highest BCUT2D eigenvalue weighted by molar-refractivity contribution is 5.77. The van der Waals surface area contributed by atoms with E-state index in [2.05, 4.69) is 0 Å². The molecule has 0 aromatic heterocycles. The summed E-state index contributed by atoms with van der Waals surface area (Å²) in [7, 11) is 0. The number of carboxylic acid groups (broad SMARTS) is 1. The van der Waals surface area contributed by atoms with Crippen LogP contribution in [-0.2, 0) is 9.53 Å². The number of carboxylic acids is 1. The number of amides is 1. The molecule has 5 heteroatoms. The summed E-state index contributed by atoms with van der Waals surface area (Å²) in [5.41, 5.74) is -0.797. The summed E-state index contributed by atoms with van der Waals surface area (Å²) in [6.07, 6.45) is 1.50. The molecule has 1 unspecified atom stereocenters. The minimum absolute atomic E-state index is 0.260. The van der Waals surface area contributed by atoms with Crippen LogP contribution in [0.15, 0.2) is 0 Å². The molecule has 0 aliphatic carbocycles. The number of carbonyl (C=O) groups excluding carboxylic acids is 1. The Bertz CT molecular complexity index is 316. The van der Waals surface area contributed by atoms with Crippen LogP contribution < -0.4 is 0 Å². The van der Waals surface area contributed by atoms with Crippen LogP contribution in [0.5, 0.6) is 0 Å². The van der Waals surface area contributed by atoms with E-state index in [1.165, 1.54) is 4.90 Å². The predicted octanol–water partition coefficient (Wildman–Crippen LogP) is 2.36. The van der Waals surface area contributed by atoms with Gasteiger partial charge >= 0.3 is 12.1 Å². The molecule has 1 N–H and O–H groups in total. The van der Waals surface area contributed by atoms with Crippen LogP contribution in [0.4, 0.5) is 4.79 Å². The van der Waals surface area contributed by atoms with Gasteiger partial charge in [0.1, 0.15) is 0 Å². The zero-order valence-electron chi connectivity index (χ0n) is 11.4. The molecule has 1 saturated heterocycles. The normalized spacial score (nSPS) is 24.1. The largest absolute Gasteiger partial charge is 0.481 e. The highest BCUT2D eigenvalue weighted by Gasteiger charge is 2.42. The van der Waals surface area contributed by atoms with Crippen LogP contribution in [0.1, 0.15) is 40.0 Å². The number of likely N-dealkylation sites (tertiary alicyclic amines) is 1. The van der Waals surface area contributed by atoms with Crippen molar-refractivity contribution in [2.24, 2.45) is 11.3 Å². The van der Waals surface area contributed by atoms with Gasteiger partial charge in [-0.15, -0.1) is 0 Å². The van der Waals surface area contributed by atoms with Gasteiger partial charge in [0.25, 0.3) is 0 Å². The molecule has 104 valence electrons. The molecule has 0 bridgehead atoms. The molecule has 1 aliphatic rings. The zero-order chi connectivity index (χ0) is 13.8. The van der Waals surface area contributed by atoms with Crippen LogP contribution in [0.25, 0.3) is 0 Å². The van der Waals surface area contributed by atoms with Crippen LogP contribution in [0.3, 0.4) is 0 Å². The summed E-state index contributed by atoms with van der Waals surface area (Å²) in [6, 6.07) is 0. The van der Waals surface area contributed by atoms with Crippen molar-refractivity contribution in [3.63, 3.8) is 0 Å². The Morgan fingerprint density at radius 1 is 1.44 bits per heavy atom. The minimum atomic E-state index is -0.814. The fourth-order valence-corrected chi connectivity index (χ4v) is 2.23. The van der Waals surface area contributed by atoms with Gasteiger partial charge in [-0.3, -0.25) is 4.79 Å². The molecule has 1 atom stereocenters. The number of hydrogen-bond donors (Lipinski definition) is 1. The predicted molar refractivity (Wildman–Crippen MR) is 67.4 cm³/mol. The molecule has 1 rings (SSSR count). The van der Waals surface area contributed by atoms with Gasteiger partial charge in [-0.25, -0.2) is 4.79 Å². The molecule has 0 aromatic rings. The number of aliphatic carboxylic acids is 1. The average Bonchev–Trinajstić information content (AvgIpc) is 2.35. The molecule has 1 fully saturated rings. The van der Waals surface area contributed by atoms with Crippen molar-refractivity contribution in [2.45, 2.75) is 40.0 Å². The third kappa shape index (κ3) is 3.37. The second-order valence-corrected chi connectivity index (χ2v) is 5.43. The lowest BCUT2D eigenvalue weighted by Crippen LogP contribution is -2.49. The average molecular weight is 257 g/mol. The Morgan fingerprint density at radius 2 is 2.11 bits per heavy atom. The fraction of sp³-hybridized carbons (Fsp3) is 0.846. The van der Waals surface area contributed by atoms with E-state index >= 15 is 0 Å². The fourth-order valence-electron chi connectivity index (χ4n) is 2.23. The number of rotatable bonds is 4. The minimum Gasteiger partial charge on any atom is -0.481 e. The zero-order valence-corrected chi connectivity index (χ0v) is 11.4. The molecule has 1 amide bonds. The number of hydrogen-bond acceptors (Lipinski definition) is 3. The van der Waals surface area contributed by atoms with Gasteiger partial charge in [-0.2, -0.15) is 0 Å². The highest BCUT2D eigenvalue weighted by atomic mass is 16.6. The third-order valence-corrected chi connectivity index (χ3v) is 3.51. The van der Waals surface area contributed by atoms with E-state index in [1.807, 2.05) is 20.8 Å². The number of nitrogens with zero attached hydrogens (tertiary/aromatic N) is 1. The summed E-state index contributed by atoms with van der Waals surface area (Å²) in [6.45, 7) is 7.02. The summed E-state index contributed by atoms with van der Waals surface area (Å²) in [5.74, 6) is -0.527. The Kier molecular flexibility index (Phi) is 4.99. The van der Waals surface area contributed by atoms with Crippen molar-refractivity contribution < 1.29 is 19.4 Å². The Labute approximate surface area is 108 Å². The van der Waals surface area contributed by atoms with Crippen molar-refractivity contribution in [3.8, 4) is 0 Å². The van der Waals surface area contributed by atoms with Gasteiger partial charge in [-0.1, -0.05) is 20.8 Å². The molecule has 0 saturated carbocycles. The van der Waals surface area contributed by atoms with Gasteiger partial charge < -0.3 is 14.7 Å². The van der Waals surface area contributed by atoms with Crippen molar-refractivity contribution in [1.29, 1.82) is 0 Å². The summed E-state index contributed by atoms with van der Waals surface area (Å²) < 4.78 is 5.15. The molecular formula is C13H23NO4. The Balaban J connectivity index is 2.63. The van der Waals surface area contributed by atoms with E-state index < -0.39 is 11.4 Å². The molecular weight excluding hydrogens is 234 g/mol. The van der Waals surface area contributed by atoms with E-state index in [4.69, 9.17) is 4.74 Å². The lowest BCUT2D eigenvalue weighted by atomic mass is 9.78. The molecule has 1 aliphatic heterocycles. The maximum atomic E-state index is 11.8. The Morgan fingerprint density at radius 3 is 2.61 bits per heavy atom. The number of carbonyl (C=O) groups is 2. The van der Waals surface area contributed by atoms with Crippen LogP contribution in [0, 0.1) is 11.3 Å². The van der Waals surface area contributed by atoms with Crippen molar-refractivity contribution in [2.75, 3.05) is 19.7 Å². The summed E-state index contributed by atoms with van der Waals surface area (Å²) in [4.78, 5) is 24.7. The van der Waals surface area contributed by atoms with Gasteiger partial charge in [0.05, 0.1) is 12.0 Å². The molecule has 5 nitrogen and oxygen atoms in total. The number of ether oxygens (including phenoxy) is 1. The van der Waals surface area contributed by atoms with E-state index in [-0.39, 0.29) is 18.6 Å². The van der Waals surface area contributed by atoms with E-state index in [0.29, 0.717) is 26.0 Å². The first-order chi connectivity index (χ1) is 8.41. The molecule has 0 aromatic carbocycles. The molecule has 0 radical (unpaired) electrons. The quantitative estimate of drug-likeness (QED) is 0.839. The SMILES string of the molecule is CCC1(C(=O)O)CCCN(C(=O)OCC(C)C)C1.